The van der Waals surface area contributed by atoms with E-state index in [1.54, 1.807) is 19.2 Å². The Labute approximate surface area is 82.9 Å². The summed E-state index contributed by atoms with van der Waals surface area (Å²) in [7, 11) is 1.59. The summed E-state index contributed by atoms with van der Waals surface area (Å²) in [6.45, 7) is -0.481. The van der Waals surface area contributed by atoms with Crippen molar-refractivity contribution >= 4 is 0 Å². The molecule has 0 bridgehead atoms. The Hall–Kier alpha value is -1.09. The Morgan fingerprint density at radius 2 is 2.21 bits per heavy atom. The highest BCUT2D eigenvalue weighted by molar-refractivity contribution is 5.47. The van der Waals surface area contributed by atoms with Crippen molar-refractivity contribution in [3.8, 4) is 5.75 Å². The van der Waals surface area contributed by atoms with E-state index in [1.165, 1.54) is 0 Å². The Balaban J connectivity index is 2.52. The van der Waals surface area contributed by atoms with Crippen LogP contribution in [-0.2, 0) is 12.2 Å². The van der Waals surface area contributed by atoms with Gasteiger partial charge in [0, 0.05) is 11.1 Å². The Morgan fingerprint density at radius 1 is 1.50 bits per heavy atom. The number of ether oxygens (including phenoxy) is 1. The highest BCUT2D eigenvalue weighted by Gasteiger charge is 2.43. The lowest BCUT2D eigenvalue weighted by Gasteiger charge is -2.17. The maximum atomic E-state index is 12.7. The molecule has 0 radical (unpaired) electrons. The van der Waals surface area contributed by atoms with Crippen molar-refractivity contribution in [3.63, 3.8) is 0 Å². The van der Waals surface area contributed by atoms with Crippen LogP contribution < -0.4 is 10.5 Å². The van der Waals surface area contributed by atoms with E-state index in [1.807, 2.05) is 6.07 Å². The van der Waals surface area contributed by atoms with E-state index in [9.17, 15) is 4.39 Å². The number of methoxy groups -OCH3 is 1. The van der Waals surface area contributed by atoms with Gasteiger partial charge in [0.1, 0.15) is 12.4 Å². The van der Waals surface area contributed by atoms with Gasteiger partial charge in [0.25, 0.3) is 0 Å². The minimum absolute atomic E-state index is 0.339. The van der Waals surface area contributed by atoms with E-state index >= 15 is 0 Å². The Kier molecular flexibility index (Phi) is 2.19. The maximum Gasteiger partial charge on any atom is 0.124 e. The van der Waals surface area contributed by atoms with Gasteiger partial charge < -0.3 is 10.5 Å². The van der Waals surface area contributed by atoms with Crippen LogP contribution in [0.25, 0.3) is 0 Å². The number of nitrogens with two attached hydrogens (primary N) is 1. The molecule has 1 aromatic rings. The zero-order valence-electron chi connectivity index (χ0n) is 8.22. The molecular weight excluding hydrogens is 181 g/mol. The molecule has 0 unspecified atom stereocenters. The van der Waals surface area contributed by atoms with Crippen molar-refractivity contribution in [1.29, 1.82) is 0 Å². The van der Waals surface area contributed by atoms with Crippen LogP contribution in [0.3, 0.4) is 0 Å². The zero-order valence-corrected chi connectivity index (χ0v) is 8.22. The molecule has 2 nitrogen and oxygen atoms in total. The van der Waals surface area contributed by atoms with Crippen molar-refractivity contribution in [2.45, 2.75) is 25.1 Å². The number of halogens is 1. The van der Waals surface area contributed by atoms with Crippen LogP contribution in [0.1, 0.15) is 24.0 Å². The van der Waals surface area contributed by atoms with Crippen molar-refractivity contribution in [2.24, 2.45) is 5.73 Å². The Bertz CT molecular complexity index is 325. The third-order valence-electron chi connectivity index (χ3n) is 2.76. The zero-order chi connectivity index (χ0) is 10.2. The smallest absolute Gasteiger partial charge is 0.124 e. The van der Waals surface area contributed by atoms with Gasteiger partial charge in [-0.2, -0.15) is 0 Å². The third-order valence-corrected chi connectivity index (χ3v) is 2.76. The fourth-order valence-electron chi connectivity index (χ4n) is 1.81. The van der Waals surface area contributed by atoms with Crippen molar-refractivity contribution in [2.75, 3.05) is 7.11 Å². The van der Waals surface area contributed by atoms with Crippen LogP contribution in [0, 0.1) is 0 Å². The first-order valence-corrected chi connectivity index (χ1v) is 4.72. The molecule has 2 rings (SSSR count). The van der Waals surface area contributed by atoms with Crippen LogP contribution in [0.5, 0.6) is 5.75 Å². The van der Waals surface area contributed by atoms with E-state index in [0.29, 0.717) is 11.3 Å². The molecule has 1 aliphatic carbocycles. The third kappa shape index (κ3) is 1.38. The predicted molar refractivity (Wildman–Crippen MR) is 52.9 cm³/mol. The summed E-state index contributed by atoms with van der Waals surface area (Å²) in [5.41, 5.74) is 7.24. The standard InChI is InChI=1S/C11H14FNO/c1-14-9-4-2-3-8(7-12)10(9)11(13)5-6-11/h2-4H,5-7,13H2,1H3. The second-order valence-electron chi connectivity index (χ2n) is 3.78. The van der Waals surface area contributed by atoms with E-state index in [2.05, 4.69) is 0 Å². The largest absolute Gasteiger partial charge is 0.496 e. The molecule has 1 fully saturated rings. The van der Waals surface area contributed by atoms with Crippen molar-refractivity contribution < 1.29 is 9.13 Å². The van der Waals surface area contributed by atoms with Gasteiger partial charge in [-0.3, -0.25) is 0 Å². The first-order valence-electron chi connectivity index (χ1n) is 4.72. The van der Waals surface area contributed by atoms with Crippen molar-refractivity contribution in [3.05, 3.63) is 29.3 Å². The first-order chi connectivity index (χ1) is 6.71. The lowest BCUT2D eigenvalue weighted by molar-refractivity contribution is 0.399. The molecule has 76 valence electrons. The summed E-state index contributed by atoms with van der Waals surface area (Å²) in [6, 6.07) is 5.40. The Morgan fingerprint density at radius 3 is 2.71 bits per heavy atom. The predicted octanol–water partition coefficient (Wildman–Crippen LogP) is 2.11. The average molecular weight is 195 g/mol. The molecular formula is C11H14FNO. The minimum Gasteiger partial charge on any atom is -0.496 e. The summed E-state index contributed by atoms with van der Waals surface area (Å²) in [6.07, 6.45) is 1.83. The minimum atomic E-state index is -0.481. The van der Waals surface area contributed by atoms with Crippen LogP contribution in [0.2, 0.25) is 0 Å². The normalized spacial score (nSPS) is 17.9. The van der Waals surface area contributed by atoms with Gasteiger partial charge in [-0.25, -0.2) is 4.39 Å². The summed E-state index contributed by atoms with van der Waals surface area (Å²) >= 11 is 0. The van der Waals surface area contributed by atoms with E-state index in [0.717, 1.165) is 18.4 Å². The second kappa shape index (κ2) is 3.24. The summed E-state index contributed by atoms with van der Waals surface area (Å²) in [5, 5.41) is 0. The molecule has 14 heavy (non-hydrogen) atoms. The SMILES string of the molecule is COc1cccc(CF)c1C1(N)CC1. The maximum absolute atomic E-state index is 12.7. The number of hydrogen-bond donors (Lipinski definition) is 1. The summed E-state index contributed by atoms with van der Waals surface area (Å²) < 4.78 is 18.0. The molecule has 0 amide bonds. The van der Waals surface area contributed by atoms with Gasteiger partial charge in [0.05, 0.1) is 7.11 Å². The quantitative estimate of drug-likeness (QED) is 0.801. The fraction of sp³-hybridized carbons (Fsp3) is 0.455. The second-order valence-corrected chi connectivity index (χ2v) is 3.78. The molecule has 0 heterocycles. The highest BCUT2D eigenvalue weighted by atomic mass is 19.1. The molecule has 1 aromatic carbocycles. The first kappa shape index (κ1) is 9.46. The van der Waals surface area contributed by atoms with Crippen LogP contribution in [0.4, 0.5) is 4.39 Å². The van der Waals surface area contributed by atoms with Gasteiger partial charge >= 0.3 is 0 Å². The molecule has 1 saturated carbocycles. The molecule has 2 N–H and O–H groups in total. The number of rotatable bonds is 3. The van der Waals surface area contributed by atoms with E-state index in [4.69, 9.17) is 10.5 Å². The van der Waals surface area contributed by atoms with E-state index < -0.39 is 6.67 Å². The number of hydrogen-bond acceptors (Lipinski definition) is 2. The fourth-order valence-corrected chi connectivity index (χ4v) is 1.81. The van der Waals surface area contributed by atoms with Gasteiger partial charge in [-0.1, -0.05) is 12.1 Å². The van der Waals surface area contributed by atoms with Crippen LogP contribution in [-0.4, -0.2) is 7.11 Å². The molecule has 0 spiro atoms. The molecule has 0 aliphatic heterocycles. The summed E-state index contributed by atoms with van der Waals surface area (Å²) in [5.74, 6) is 0.708. The monoisotopic (exact) mass is 195 g/mol. The molecule has 0 aromatic heterocycles. The van der Waals surface area contributed by atoms with Gasteiger partial charge in [-0.05, 0) is 24.5 Å². The lowest BCUT2D eigenvalue weighted by atomic mass is 9.98. The highest BCUT2D eigenvalue weighted by Crippen LogP contribution is 2.48. The van der Waals surface area contributed by atoms with Gasteiger partial charge in [0.2, 0.25) is 0 Å². The van der Waals surface area contributed by atoms with E-state index in [-0.39, 0.29) is 5.54 Å². The number of alkyl halides is 1. The van der Waals surface area contributed by atoms with Crippen LogP contribution in [0.15, 0.2) is 18.2 Å². The molecule has 0 saturated heterocycles. The number of benzene rings is 1. The summed E-state index contributed by atoms with van der Waals surface area (Å²) in [4.78, 5) is 0. The van der Waals surface area contributed by atoms with Crippen LogP contribution >= 0.6 is 0 Å². The van der Waals surface area contributed by atoms with Gasteiger partial charge in [0.15, 0.2) is 0 Å². The van der Waals surface area contributed by atoms with Crippen molar-refractivity contribution in [1.82, 2.24) is 0 Å². The molecule has 1 aliphatic rings. The average Bonchev–Trinajstić information content (AvgIpc) is 2.96. The lowest BCUT2D eigenvalue weighted by Crippen LogP contribution is -2.21. The van der Waals surface area contributed by atoms with Gasteiger partial charge in [-0.15, -0.1) is 0 Å². The topological polar surface area (TPSA) is 35.2 Å². The molecule has 3 heteroatoms. The molecule has 0 atom stereocenters.